The summed E-state index contributed by atoms with van der Waals surface area (Å²) in [6, 6.07) is 12.2. The summed E-state index contributed by atoms with van der Waals surface area (Å²) in [4.78, 5) is 26.9. The molecule has 1 fully saturated rings. The van der Waals surface area contributed by atoms with Crippen LogP contribution in [-0.2, 0) is 26.2 Å². The third-order valence-electron chi connectivity index (χ3n) is 4.51. The van der Waals surface area contributed by atoms with Gasteiger partial charge in [-0.15, -0.1) is 11.3 Å². The minimum atomic E-state index is -3.99. The van der Waals surface area contributed by atoms with E-state index in [1.165, 1.54) is 12.3 Å². The van der Waals surface area contributed by atoms with Crippen LogP contribution < -0.4 is 4.90 Å². The molecule has 10 heteroatoms. The lowest BCUT2D eigenvalue weighted by molar-refractivity contribution is -0.122. The summed E-state index contributed by atoms with van der Waals surface area (Å²) in [5.41, 5.74) is 0.425. The minimum Gasteiger partial charge on any atom is -0.468 e. The third kappa shape index (κ3) is 3.89. The van der Waals surface area contributed by atoms with Crippen molar-refractivity contribution >= 4 is 61.5 Å². The average molecular weight is 542 g/mol. The van der Waals surface area contributed by atoms with Gasteiger partial charge in [0, 0.05) is 3.57 Å². The first-order chi connectivity index (χ1) is 13.9. The minimum absolute atomic E-state index is 0.108. The largest absolute Gasteiger partial charge is 0.468 e. The summed E-state index contributed by atoms with van der Waals surface area (Å²) in [6.45, 7) is -0.141. The topological polar surface area (TPSA) is 87.9 Å². The number of carbonyl (C=O) groups excluding carboxylic acids is 2. The SMILES string of the molecule is O=C1CC(N(Cc2ccco2)S(=O)(=O)c2cccs2)C(=O)N1c1ccc(I)cc1. The third-order valence-corrected chi connectivity index (χ3v) is 8.45. The zero-order chi connectivity index (χ0) is 20.6. The number of imide groups is 1. The van der Waals surface area contributed by atoms with Crippen LogP contribution in [0.3, 0.4) is 0 Å². The predicted octanol–water partition coefficient (Wildman–Crippen LogP) is 3.47. The van der Waals surface area contributed by atoms with Crippen molar-refractivity contribution in [3.8, 4) is 0 Å². The molecule has 1 aromatic carbocycles. The molecule has 1 saturated heterocycles. The van der Waals surface area contributed by atoms with Crippen LogP contribution in [0.4, 0.5) is 5.69 Å². The molecule has 2 aromatic heterocycles. The molecule has 1 atom stereocenters. The van der Waals surface area contributed by atoms with E-state index in [-0.39, 0.29) is 17.2 Å². The van der Waals surface area contributed by atoms with Gasteiger partial charge in [-0.05, 0) is 70.4 Å². The number of rotatable bonds is 6. The molecule has 1 aliphatic heterocycles. The lowest BCUT2D eigenvalue weighted by atomic mass is 10.2. The lowest BCUT2D eigenvalue weighted by Crippen LogP contribution is -2.44. The van der Waals surface area contributed by atoms with Crippen LogP contribution in [0, 0.1) is 3.57 Å². The van der Waals surface area contributed by atoms with Crippen LogP contribution in [0.2, 0.25) is 0 Å². The van der Waals surface area contributed by atoms with E-state index in [4.69, 9.17) is 4.42 Å². The molecule has 150 valence electrons. The quantitative estimate of drug-likeness (QED) is 0.352. The fourth-order valence-electron chi connectivity index (χ4n) is 3.15. The van der Waals surface area contributed by atoms with Gasteiger partial charge >= 0.3 is 0 Å². The standard InChI is InChI=1S/C19H15IN2O5S2/c20-13-5-7-14(8-6-13)22-17(23)11-16(19(22)24)21(12-15-3-1-9-27-15)29(25,26)18-4-2-10-28-18/h1-10,16H,11-12H2. The van der Waals surface area contributed by atoms with Gasteiger partial charge in [0.05, 0.1) is 24.9 Å². The molecule has 0 radical (unpaired) electrons. The van der Waals surface area contributed by atoms with E-state index < -0.39 is 27.9 Å². The normalized spacial score (nSPS) is 17.4. The summed E-state index contributed by atoms with van der Waals surface area (Å²) in [5.74, 6) is -0.618. The average Bonchev–Trinajstić information content (AvgIpc) is 3.43. The Morgan fingerprint density at radius 3 is 2.52 bits per heavy atom. The van der Waals surface area contributed by atoms with E-state index in [1.807, 2.05) is 0 Å². The molecule has 4 rings (SSSR count). The van der Waals surface area contributed by atoms with E-state index in [9.17, 15) is 18.0 Å². The van der Waals surface area contributed by atoms with Crippen molar-refractivity contribution in [2.45, 2.75) is 23.2 Å². The van der Waals surface area contributed by atoms with Gasteiger partial charge < -0.3 is 4.42 Å². The fourth-order valence-corrected chi connectivity index (χ4v) is 6.17. The van der Waals surface area contributed by atoms with Crippen LogP contribution in [0.1, 0.15) is 12.2 Å². The maximum Gasteiger partial charge on any atom is 0.253 e. The number of benzene rings is 1. The highest BCUT2D eigenvalue weighted by molar-refractivity contribution is 14.1. The molecule has 7 nitrogen and oxygen atoms in total. The van der Waals surface area contributed by atoms with Crippen LogP contribution in [0.5, 0.6) is 0 Å². The Hall–Kier alpha value is -2.02. The van der Waals surface area contributed by atoms with Crippen LogP contribution >= 0.6 is 33.9 Å². The van der Waals surface area contributed by atoms with Gasteiger partial charge in [0.1, 0.15) is 16.0 Å². The lowest BCUT2D eigenvalue weighted by Gasteiger charge is -2.25. The second-order valence-electron chi connectivity index (χ2n) is 6.33. The molecule has 29 heavy (non-hydrogen) atoms. The molecule has 1 unspecified atom stereocenters. The second-order valence-corrected chi connectivity index (χ2v) is 10.6. The number of carbonyl (C=O) groups is 2. The smallest absolute Gasteiger partial charge is 0.253 e. The number of anilines is 1. The van der Waals surface area contributed by atoms with Gasteiger partial charge in [0.15, 0.2) is 0 Å². The Balaban J connectivity index is 1.72. The summed E-state index contributed by atoms with van der Waals surface area (Å²) in [5, 5.41) is 1.65. The predicted molar refractivity (Wildman–Crippen MR) is 116 cm³/mol. The van der Waals surface area contributed by atoms with Crippen molar-refractivity contribution in [2.75, 3.05) is 4.90 Å². The maximum atomic E-state index is 13.3. The first kappa shape index (κ1) is 20.3. The molecule has 0 bridgehead atoms. The zero-order valence-electron chi connectivity index (χ0n) is 14.9. The maximum absolute atomic E-state index is 13.3. The number of hydrogen-bond acceptors (Lipinski definition) is 6. The van der Waals surface area contributed by atoms with Crippen molar-refractivity contribution in [2.24, 2.45) is 0 Å². The van der Waals surface area contributed by atoms with Crippen molar-refractivity contribution in [3.63, 3.8) is 0 Å². The van der Waals surface area contributed by atoms with E-state index >= 15 is 0 Å². The van der Waals surface area contributed by atoms with Gasteiger partial charge in [-0.2, -0.15) is 4.31 Å². The van der Waals surface area contributed by atoms with E-state index in [2.05, 4.69) is 22.6 Å². The van der Waals surface area contributed by atoms with Crippen LogP contribution in [0.25, 0.3) is 0 Å². The Bertz CT molecular complexity index is 1130. The molecule has 3 heterocycles. The van der Waals surface area contributed by atoms with Gasteiger partial charge in [-0.3, -0.25) is 9.59 Å². The van der Waals surface area contributed by atoms with Gasteiger partial charge in [0.2, 0.25) is 5.91 Å². The highest BCUT2D eigenvalue weighted by Crippen LogP contribution is 2.32. The number of furan rings is 1. The summed E-state index contributed by atoms with van der Waals surface area (Å²) < 4.78 is 34.0. The van der Waals surface area contributed by atoms with Crippen LogP contribution in [0.15, 0.2) is 68.8 Å². The number of amides is 2. The highest BCUT2D eigenvalue weighted by Gasteiger charge is 2.47. The number of hydrogen-bond donors (Lipinski definition) is 0. The molecule has 2 amide bonds. The summed E-state index contributed by atoms with van der Waals surface area (Å²) >= 11 is 3.19. The highest BCUT2D eigenvalue weighted by atomic mass is 127. The molecular formula is C19H15IN2O5S2. The molecule has 0 spiro atoms. The van der Waals surface area contributed by atoms with E-state index in [0.717, 1.165) is 24.1 Å². The van der Waals surface area contributed by atoms with Crippen molar-refractivity contribution < 1.29 is 22.4 Å². The molecule has 0 N–H and O–H groups in total. The fraction of sp³-hybridized carbons (Fsp3) is 0.158. The number of nitrogens with zero attached hydrogens (tertiary/aromatic N) is 2. The monoisotopic (exact) mass is 542 g/mol. The Labute approximate surface area is 185 Å². The van der Waals surface area contributed by atoms with E-state index in [0.29, 0.717) is 11.4 Å². The van der Waals surface area contributed by atoms with Crippen molar-refractivity contribution in [1.82, 2.24) is 4.31 Å². The zero-order valence-corrected chi connectivity index (χ0v) is 18.7. The Morgan fingerprint density at radius 2 is 1.90 bits per heavy atom. The number of sulfonamides is 1. The van der Waals surface area contributed by atoms with Gasteiger partial charge in [0.25, 0.3) is 15.9 Å². The first-order valence-electron chi connectivity index (χ1n) is 8.58. The second kappa shape index (κ2) is 8.01. The first-order valence-corrected chi connectivity index (χ1v) is 12.0. The summed E-state index contributed by atoms with van der Waals surface area (Å²) in [6.07, 6.45) is 1.21. The Morgan fingerprint density at radius 1 is 1.14 bits per heavy atom. The summed E-state index contributed by atoms with van der Waals surface area (Å²) in [7, 11) is -3.99. The van der Waals surface area contributed by atoms with Crippen molar-refractivity contribution in [1.29, 1.82) is 0 Å². The molecule has 0 aliphatic carbocycles. The number of thiophene rings is 1. The van der Waals surface area contributed by atoms with Gasteiger partial charge in [-0.1, -0.05) is 6.07 Å². The van der Waals surface area contributed by atoms with E-state index in [1.54, 1.807) is 47.8 Å². The molecule has 3 aromatic rings. The van der Waals surface area contributed by atoms with Gasteiger partial charge in [-0.25, -0.2) is 13.3 Å². The molecule has 0 saturated carbocycles. The number of halogens is 1. The van der Waals surface area contributed by atoms with Crippen molar-refractivity contribution in [3.05, 3.63) is 69.5 Å². The Kier molecular flexibility index (Phi) is 5.60. The molecular weight excluding hydrogens is 527 g/mol. The molecule has 1 aliphatic rings. The van der Waals surface area contributed by atoms with Crippen LogP contribution in [-0.4, -0.2) is 30.6 Å².